The SMILES string of the molecule is CCCC(Br)C1CCc2c(F)cccc21. The number of rotatable bonds is 3. The summed E-state index contributed by atoms with van der Waals surface area (Å²) in [7, 11) is 0. The lowest BCUT2D eigenvalue weighted by molar-refractivity contribution is 0.602. The van der Waals surface area contributed by atoms with E-state index >= 15 is 0 Å². The Morgan fingerprint density at radius 1 is 1.53 bits per heavy atom. The number of fused-ring (bicyclic) bond motifs is 1. The van der Waals surface area contributed by atoms with E-state index in [1.54, 1.807) is 6.07 Å². The molecule has 1 aromatic rings. The second-order valence-corrected chi connectivity index (χ2v) is 5.43. The Bertz CT molecular complexity index is 348. The second kappa shape index (κ2) is 4.65. The largest absolute Gasteiger partial charge is 0.207 e. The monoisotopic (exact) mass is 270 g/mol. The van der Waals surface area contributed by atoms with Crippen molar-refractivity contribution in [2.45, 2.75) is 43.4 Å². The van der Waals surface area contributed by atoms with E-state index in [-0.39, 0.29) is 5.82 Å². The lowest BCUT2D eigenvalue weighted by Crippen LogP contribution is -2.09. The highest BCUT2D eigenvalue weighted by Gasteiger charge is 2.29. The van der Waals surface area contributed by atoms with Crippen LogP contribution in [0.25, 0.3) is 0 Å². The minimum absolute atomic E-state index is 0.0220. The Kier molecular flexibility index (Phi) is 3.45. The molecule has 0 saturated heterocycles. The third kappa shape index (κ3) is 2.10. The molecule has 0 aromatic heterocycles. The van der Waals surface area contributed by atoms with Gasteiger partial charge in [0.05, 0.1) is 0 Å². The highest BCUT2D eigenvalue weighted by molar-refractivity contribution is 9.09. The van der Waals surface area contributed by atoms with Crippen LogP contribution in [0.3, 0.4) is 0 Å². The summed E-state index contributed by atoms with van der Waals surface area (Å²) in [5.74, 6) is 0.488. The summed E-state index contributed by atoms with van der Waals surface area (Å²) in [5.41, 5.74) is 2.17. The van der Waals surface area contributed by atoms with Crippen LogP contribution in [-0.4, -0.2) is 4.83 Å². The van der Waals surface area contributed by atoms with Crippen LogP contribution in [0.5, 0.6) is 0 Å². The summed E-state index contributed by atoms with van der Waals surface area (Å²) in [6, 6.07) is 5.49. The van der Waals surface area contributed by atoms with Gasteiger partial charge in [-0.05, 0) is 42.4 Å². The van der Waals surface area contributed by atoms with Crippen molar-refractivity contribution >= 4 is 15.9 Å². The summed E-state index contributed by atoms with van der Waals surface area (Å²) in [5, 5.41) is 0. The van der Waals surface area contributed by atoms with E-state index in [9.17, 15) is 4.39 Å². The van der Waals surface area contributed by atoms with Crippen molar-refractivity contribution < 1.29 is 4.39 Å². The van der Waals surface area contributed by atoms with Crippen molar-refractivity contribution in [1.82, 2.24) is 0 Å². The number of hydrogen-bond acceptors (Lipinski definition) is 0. The molecule has 15 heavy (non-hydrogen) atoms. The van der Waals surface area contributed by atoms with Crippen LogP contribution in [0, 0.1) is 5.82 Å². The van der Waals surface area contributed by atoms with Gasteiger partial charge in [-0.1, -0.05) is 41.4 Å². The average molecular weight is 271 g/mol. The van der Waals surface area contributed by atoms with E-state index in [0.717, 1.165) is 18.4 Å². The van der Waals surface area contributed by atoms with Crippen molar-refractivity contribution in [1.29, 1.82) is 0 Å². The molecule has 0 bridgehead atoms. The van der Waals surface area contributed by atoms with Gasteiger partial charge in [0, 0.05) is 4.83 Å². The molecule has 1 aromatic carbocycles. The molecule has 0 heterocycles. The van der Waals surface area contributed by atoms with E-state index in [1.807, 2.05) is 6.07 Å². The maximum Gasteiger partial charge on any atom is 0.126 e. The third-order valence-electron chi connectivity index (χ3n) is 3.26. The Morgan fingerprint density at radius 2 is 2.33 bits per heavy atom. The zero-order chi connectivity index (χ0) is 10.8. The highest BCUT2D eigenvalue weighted by atomic mass is 79.9. The Labute approximate surface area is 99.0 Å². The summed E-state index contributed by atoms with van der Waals surface area (Å²) in [4.78, 5) is 0.505. The molecule has 82 valence electrons. The molecule has 1 aliphatic carbocycles. The van der Waals surface area contributed by atoms with Gasteiger partial charge >= 0.3 is 0 Å². The van der Waals surface area contributed by atoms with E-state index in [0.29, 0.717) is 10.7 Å². The van der Waals surface area contributed by atoms with Crippen LogP contribution in [0.4, 0.5) is 4.39 Å². The van der Waals surface area contributed by atoms with Gasteiger partial charge in [0.1, 0.15) is 5.82 Å². The summed E-state index contributed by atoms with van der Waals surface area (Å²) >= 11 is 3.74. The van der Waals surface area contributed by atoms with E-state index < -0.39 is 0 Å². The van der Waals surface area contributed by atoms with Crippen LogP contribution in [-0.2, 0) is 6.42 Å². The fourth-order valence-corrected chi connectivity index (χ4v) is 3.50. The molecule has 0 spiro atoms. The predicted octanol–water partition coefficient (Wildman–Crippen LogP) is 4.42. The van der Waals surface area contributed by atoms with Crippen LogP contribution in [0.1, 0.15) is 43.2 Å². The number of hydrogen-bond donors (Lipinski definition) is 0. The van der Waals surface area contributed by atoms with Gasteiger partial charge in [0.2, 0.25) is 0 Å². The maximum absolute atomic E-state index is 13.5. The van der Waals surface area contributed by atoms with Crippen molar-refractivity contribution in [3.8, 4) is 0 Å². The zero-order valence-corrected chi connectivity index (χ0v) is 10.6. The first-order valence-electron chi connectivity index (χ1n) is 5.65. The topological polar surface area (TPSA) is 0 Å². The molecule has 0 radical (unpaired) electrons. The van der Waals surface area contributed by atoms with Gasteiger partial charge in [-0.15, -0.1) is 0 Å². The van der Waals surface area contributed by atoms with Crippen molar-refractivity contribution in [2.24, 2.45) is 0 Å². The first-order chi connectivity index (χ1) is 7.24. The van der Waals surface area contributed by atoms with Crippen molar-refractivity contribution in [2.75, 3.05) is 0 Å². The molecular weight excluding hydrogens is 255 g/mol. The van der Waals surface area contributed by atoms with E-state index in [4.69, 9.17) is 0 Å². The molecule has 0 fully saturated rings. The number of halogens is 2. The molecule has 2 atom stereocenters. The first kappa shape index (κ1) is 11.1. The summed E-state index contributed by atoms with van der Waals surface area (Å²) in [6.07, 6.45) is 4.34. The molecule has 0 N–H and O–H groups in total. The smallest absolute Gasteiger partial charge is 0.126 e. The first-order valence-corrected chi connectivity index (χ1v) is 6.57. The summed E-state index contributed by atoms with van der Waals surface area (Å²) < 4.78 is 13.5. The molecule has 0 amide bonds. The zero-order valence-electron chi connectivity index (χ0n) is 8.97. The van der Waals surface area contributed by atoms with Crippen molar-refractivity contribution in [3.05, 3.63) is 35.1 Å². The van der Waals surface area contributed by atoms with Gasteiger partial charge in [-0.25, -0.2) is 4.39 Å². The van der Waals surface area contributed by atoms with Crippen LogP contribution in [0.2, 0.25) is 0 Å². The predicted molar refractivity (Wildman–Crippen MR) is 65.1 cm³/mol. The quantitative estimate of drug-likeness (QED) is 0.714. The number of benzene rings is 1. The molecule has 0 nitrogen and oxygen atoms in total. The van der Waals surface area contributed by atoms with Gasteiger partial charge in [-0.2, -0.15) is 0 Å². The second-order valence-electron chi connectivity index (χ2n) is 4.26. The Hall–Kier alpha value is -0.370. The number of alkyl halides is 1. The minimum Gasteiger partial charge on any atom is -0.207 e. The summed E-state index contributed by atoms with van der Waals surface area (Å²) in [6.45, 7) is 2.19. The third-order valence-corrected chi connectivity index (χ3v) is 4.36. The van der Waals surface area contributed by atoms with Crippen LogP contribution in [0.15, 0.2) is 18.2 Å². The molecule has 2 rings (SSSR count). The molecule has 0 aliphatic heterocycles. The van der Waals surface area contributed by atoms with Gasteiger partial charge in [0.25, 0.3) is 0 Å². The lowest BCUT2D eigenvalue weighted by Gasteiger charge is -2.17. The van der Waals surface area contributed by atoms with Crippen LogP contribution >= 0.6 is 15.9 Å². The molecule has 2 heteroatoms. The minimum atomic E-state index is -0.0220. The van der Waals surface area contributed by atoms with Crippen molar-refractivity contribution in [3.63, 3.8) is 0 Å². The molecule has 0 saturated carbocycles. The van der Waals surface area contributed by atoms with Gasteiger partial charge in [0.15, 0.2) is 0 Å². The lowest BCUT2D eigenvalue weighted by atomic mass is 9.95. The normalized spacial score (nSPS) is 21.4. The van der Waals surface area contributed by atoms with Gasteiger partial charge in [-0.3, -0.25) is 0 Å². The molecular formula is C13H16BrF. The van der Waals surface area contributed by atoms with E-state index in [1.165, 1.54) is 18.4 Å². The fourth-order valence-electron chi connectivity index (χ4n) is 2.49. The van der Waals surface area contributed by atoms with E-state index in [2.05, 4.69) is 28.9 Å². The highest BCUT2D eigenvalue weighted by Crippen LogP contribution is 2.40. The fraction of sp³-hybridized carbons (Fsp3) is 0.538. The molecule has 1 aliphatic rings. The Balaban J connectivity index is 2.25. The molecule has 2 unspecified atom stereocenters. The standard InChI is InChI=1S/C13H16BrF/c1-2-4-12(14)10-7-8-11-9(10)5-3-6-13(11)15/h3,5-6,10,12H,2,4,7-8H2,1H3. The maximum atomic E-state index is 13.5. The van der Waals surface area contributed by atoms with Gasteiger partial charge < -0.3 is 0 Å². The Morgan fingerprint density at radius 3 is 3.07 bits per heavy atom. The van der Waals surface area contributed by atoms with Crippen LogP contribution < -0.4 is 0 Å². The average Bonchev–Trinajstić information content (AvgIpc) is 2.63.